The van der Waals surface area contributed by atoms with Crippen LogP contribution in [0.15, 0.2) is 46.8 Å². The molecule has 1 aliphatic heterocycles. The van der Waals surface area contributed by atoms with Crippen molar-refractivity contribution in [2.24, 2.45) is 11.8 Å². The van der Waals surface area contributed by atoms with Crippen LogP contribution in [0.25, 0.3) is 0 Å². The SMILES string of the molecule is COCCOC(=O)C1=C(C)NC2=C(C(=O)[C@H](C(=O)OC)[C@@H](C)C2)[C@@H]1c1ccc(F)cc1. The topological polar surface area (TPSA) is 90.9 Å². The first-order chi connectivity index (χ1) is 14.8. The van der Waals surface area contributed by atoms with Gasteiger partial charge in [-0.25, -0.2) is 9.18 Å². The fourth-order valence-electron chi connectivity index (χ4n) is 4.24. The zero-order valence-electron chi connectivity index (χ0n) is 18.0. The average Bonchev–Trinajstić information content (AvgIpc) is 2.73. The molecule has 0 bridgehead atoms. The molecule has 166 valence electrons. The molecule has 3 rings (SSSR count). The second-order valence-electron chi connectivity index (χ2n) is 7.72. The van der Waals surface area contributed by atoms with Crippen LogP contribution in [0.2, 0.25) is 0 Å². The predicted molar refractivity (Wildman–Crippen MR) is 109 cm³/mol. The van der Waals surface area contributed by atoms with Crippen molar-refractivity contribution in [1.29, 1.82) is 0 Å². The zero-order valence-corrected chi connectivity index (χ0v) is 18.0. The number of hydrogen-bond donors (Lipinski definition) is 1. The van der Waals surface area contributed by atoms with Crippen molar-refractivity contribution < 1.29 is 33.0 Å². The smallest absolute Gasteiger partial charge is 0.336 e. The third kappa shape index (κ3) is 4.39. The van der Waals surface area contributed by atoms with E-state index in [0.29, 0.717) is 29.0 Å². The van der Waals surface area contributed by atoms with E-state index in [1.807, 2.05) is 6.92 Å². The van der Waals surface area contributed by atoms with Crippen LogP contribution >= 0.6 is 0 Å². The summed E-state index contributed by atoms with van der Waals surface area (Å²) in [6, 6.07) is 5.61. The maximum Gasteiger partial charge on any atom is 0.336 e. The Morgan fingerprint density at radius 1 is 1.16 bits per heavy atom. The third-order valence-corrected chi connectivity index (χ3v) is 5.69. The van der Waals surface area contributed by atoms with Gasteiger partial charge in [0.1, 0.15) is 18.3 Å². The van der Waals surface area contributed by atoms with Crippen LogP contribution in [0.3, 0.4) is 0 Å². The van der Waals surface area contributed by atoms with Crippen molar-refractivity contribution in [3.8, 4) is 0 Å². The number of Topliss-reactive ketones (excluding diaryl/α,β-unsaturated/α-hetero) is 1. The van der Waals surface area contributed by atoms with E-state index >= 15 is 0 Å². The first-order valence-corrected chi connectivity index (χ1v) is 10.0. The molecule has 1 heterocycles. The molecule has 3 atom stereocenters. The van der Waals surface area contributed by atoms with Gasteiger partial charge in [-0.2, -0.15) is 0 Å². The van der Waals surface area contributed by atoms with Crippen molar-refractivity contribution in [1.82, 2.24) is 5.32 Å². The molecule has 0 amide bonds. The molecular formula is C23H26FNO6. The minimum absolute atomic E-state index is 0.0456. The number of dihydropyridines is 1. The van der Waals surface area contributed by atoms with E-state index in [4.69, 9.17) is 14.2 Å². The Hall–Kier alpha value is -3.00. The number of ketones is 1. The minimum Gasteiger partial charge on any atom is -0.468 e. The van der Waals surface area contributed by atoms with Gasteiger partial charge in [0.05, 0.1) is 19.3 Å². The van der Waals surface area contributed by atoms with Crippen molar-refractivity contribution in [2.75, 3.05) is 27.4 Å². The molecule has 0 spiro atoms. The van der Waals surface area contributed by atoms with Gasteiger partial charge in [-0.15, -0.1) is 0 Å². The highest BCUT2D eigenvalue weighted by molar-refractivity contribution is 6.12. The molecule has 8 heteroatoms. The van der Waals surface area contributed by atoms with Gasteiger partial charge >= 0.3 is 11.9 Å². The van der Waals surface area contributed by atoms with Gasteiger partial charge < -0.3 is 19.5 Å². The summed E-state index contributed by atoms with van der Waals surface area (Å²) in [7, 11) is 2.74. The van der Waals surface area contributed by atoms with E-state index in [1.54, 1.807) is 6.92 Å². The first-order valence-electron chi connectivity index (χ1n) is 10.0. The van der Waals surface area contributed by atoms with Crippen LogP contribution in [0, 0.1) is 17.7 Å². The molecule has 1 N–H and O–H groups in total. The zero-order chi connectivity index (χ0) is 22.7. The van der Waals surface area contributed by atoms with Crippen molar-refractivity contribution in [3.05, 3.63) is 58.2 Å². The number of carbonyl (C=O) groups excluding carboxylic acids is 3. The van der Waals surface area contributed by atoms with Crippen LogP contribution in [0.5, 0.6) is 0 Å². The highest BCUT2D eigenvalue weighted by Gasteiger charge is 2.47. The molecular weight excluding hydrogens is 405 g/mol. The number of rotatable bonds is 6. The number of carbonyl (C=O) groups is 3. The molecule has 31 heavy (non-hydrogen) atoms. The van der Waals surface area contributed by atoms with Crippen LogP contribution in [-0.2, 0) is 28.6 Å². The molecule has 0 saturated carbocycles. The largest absolute Gasteiger partial charge is 0.468 e. The Bertz CT molecular complexity index is 949. The molecule has 0 unspecified atom stereocenters. The maximum atomic E-state index is 13.6. The Kier molecular flexibility index (Phi) is 6.90. The van der Waals surface area contributed by atoms with Crippen LogP contribution in [0.1, 0.15) is 31.7 Å². The number of benzene rings is 1. The number of allylic oxidation sites excluding steroid dienone is 3. The molecule has 0 fully saturated rings. The van der Waals surface area contributed by atoms with Crippen LogP contribution in [0.4, 0.5) is 4.39 Å². The molecule has 1 aromatic rings. The number of esters is 2. The summed E-state index contributed by atoms with van der Waals surface area (Å²) in [6.45, 7) is 3.81. The summed E-state index contributed by atoms with van der Waals surface area (Å²) < 4.78 is 28.7. The second kappa shape index (κ2) is 9.43. The van der Waals surface area contributed by atoms with Gasteiger partial charge in [-0.1, -0.05) is 19.1 Å². The standard InChI is InChI=1S/C23H26FNO6/c1-12-11-16-20(21(26)17(12)22(27)30-4)19(14-5-7-15(24)8-6-14)18(13(2)25-16)23(28)31-10-9-29-3/h5-8,12,17,19,25H,9-11H2,1-4H3/t12-,17+,19+/m0/s1. The predicted octanol–water partition coefficient (Wildman–Crippen LogP) is 2.63. The number of nitrogens with one attached hydrogen (secondary N) is 1. The molecule has 0 saturated heterocycles. The van der Waals surface area contributed by atoms with Gasteiger partial charge in [0.25, 0.3) is 0 Å². The fourth-order valence-corrected chi connectivity index (χ4v) is 4.24. The lowest BCUT2D eigenvalue weighted by molar-refractivity contribution is -0.151. The molecule has 1 aliphatic carbocycles. The lowest BCUT2D eigenvalue weighted by Gasteiger charge is -2.38. The minimum atomic E-state index is -0.974. The average molecular weight is 431 g/mol. The third-order valence-electron chi connectivity index (χ3n) is 5.69. The maximum absolute atomic E-state index is 13.6. The van der Waals surface area contributed by atoms with Gasteiger partial charge in [0.15, 0.2) is 5.78 Å². The quantitative estimate of drug-likeness (QED) is 0.421. The summed E-state index contributed by atoms with van der Waals surface area (Å²) >= 11 is 0. The summed E-state index contributed by atoms with van der Waals surface area (Å²) in [5, 5.41) is 3.17. The Morgan fingerprint density at radius 2 is 1.84 bits per heavy atom. The molecule has 1 aromatic carbocycles. The highest BCUT2D eigenvalue weighted by Crippen LogP contribution is 2.45. The van der Waals surface area contributed by atoms with Gasteiger partial charge in [-0.3, -0.25) is 9.59 Å². The lowest BCUT2D eigenvalue weighted by Crippen LogP contribution is -2.43. The summed E-state index contributed by atoms with van der Waals surface area (Å²) in [4.78, 5) is 38.8. The number of ether oxygens (including phenoxy) is 3. The van der Waals surface area contributed by atoms with E-state index in [9.17, 15) is 18.8 Å². The van der Waals surface area contributed by atoms with Crippen LogP contribution in [-0.4, -0.2) is 45.2 Å². The van der Waals surface area contributed by atoms with E-state index < -0.39 is 35.4 Å². The fraction of sp³-hybridized carbons (Fsp3) is 0.435. The Balaban J connectivity index is 2.11. The van der Waals surface area contributed by atoms with Gasteiger partial charge in [0.2, 0.25) is 0 Å². The number of halogens is 1. The lowest BCUT2D eigenvalue weighted by atomic mass is 9.69. The van der Waals surface area contributed by atoms with E-state index in [0.717, 1.165) is 0 Å². The van der Waals surface area contributed by atoms with E-state index in [2.05, 4.69) is 5.32 Å². The number of hydrogen-bond acceptors (Lipinski definition) is 7. The first kappa shape index (κ1) is 22.7. The second-order valence-corrected chi connectivity index (χ2v) is 7.72. The number of methoxy groups -OCH3 is 2. The highest BCUT2D eigenvalue weighted by atomic mass is 19.1. The summed E-state index contributed by atoms with van der Waals surface area (Å²) in [6.07, 6.45) is 0.432. The monoisotopic (exact) mass is 431 g/mol. The van der Waals surface area contributed by atoms with Crippen molar-refractivity contribution in [2.45, 2.75) is 26.2 Å². The van der Waals surface area contributed by atoms with Crippen molar-refractivity contribution >= 4 is 17.7 Å². The molecule has 2 aliphatic rings. The van der Waals surface area contributed by atoms with Crippen molar-refractivity contribution in [3.63, 3.8) is 0 Å². The Labute approximate surface area is 180 Å². The normalized spacial score (nSPS) is 23.3. The van der Waals surface area contributed by atoms with E-state index in [-0.39, 0.29) is 24.7 Å². The van der Waals surface area contributed by atoms with Gasteiger partial charge in [-0.05, 0) is 37.0 Å². The van der Waals surface area contributed by atoms with Gasteiger partial charge in [0, 0.05) is 30.0 Å². The molecule has 0 radical (unpaired) electrons. The van der Waals surface area contributed by atoms with E-state index in [1.165, 1.54) is 38.5 Å². The molecule has 7 nitrogen and oxygen atoms in total. The molecule has 0 aromatic heterocycles. The Morgan fingerprint density at radius 3 is 2.45 bits per heavy atom. The summed E-state index contributed by atoms with van der Waals surface area (Å²) in [5.41, 5.74) is 2.31. The summed E-state index contributed by atoms with van der Waals surface area (Å²) in [5.74, 6) is -4.11. The van der Waals surface area contributed by atoms with Crippen LogP contribution < -0.4 is 5.32 Å².